The van der Waals surface area contributed by atoms with Crippen molar-refractivity contribution >= 4 is 34.5 Å². The van der Waals surface area contributed by atoms with E-state index in [-0.39, 0.29) is 0 Å². The molecule has 0 radical (unpaired) electrons. The number of nitrogens with zero attached hydrogens (tertiary/aromatic N) is 2. The molecule has 1 N–H and O–H groups in total. The van der Waals surface area contributed by atoms with Gasteiger partial charge in [-0.25, -0.2) is 0 Å². The Hall–Kier alpha value is -1.85. The number of hydrogen-bond donors (Lipinski definition) is 1. The third-order valence-electron chi connectivity index (χ3n) is 7.99. The van der Waals surface area contributed by atoms with Gasteiger partial charge < -0.3 is 19.9 Å². The maximum Gasteiger partial charge on any atom is 0.0642 e. The van der Waals surface area contributed by atoms with Crippen molar-refractivity contribution in [1.82, 2.24) is 0 Å². The molecule has 0 amide bonds. The predicted octanol–water partition coefficient (Wildman–Crippen LogP) is 6.51. The van der Waals surface area contributed by atoms with Gasteiger partial charge in [0.25, 0.3) is 0 Å². The van der Waals surface area contributed by atoms with Crippen molar-refractivity contribution in [2.45, 2.75) is 68.2 Å². The number of anilines is 4. The summed E-state index contributed by atoms with van der Waals surface area (Å²) in [5.74, 6) is 0.902. The van der Waals surface area contributed by atoms with Crippen LogP contribution in [0.25, 0.3) is 0 Å². The van der Waals surface area contributed by atoms with E-state index in [2.05, 4.69) is 53.2 Å². The van der Waals surface area contributed by atoms with Gasteiger partial charge in [-0.05, 0) is 80.8 Å². The zero-order valence-electron chi connectivity index (χ0n) is 19.5. The Labute approximate surface area is 196 Å². The third-order valence-corrected chi connectivity index (χ3v) is 9.07. The van der Waals surface area contributed by atoms with Crippen molar-refractivity contribution in [1.29, 1.82) is 0 Å². The monoisotopic (exact) mass is 449 g/mol. The maximum absolute atomic E-state index is 5.57. The summed E-state index contributed by atoms with van der Waals surface area (Å²) in [6.45, 7) is 9.34. The van der Waals surface area contributed by atoms with E-state index in [0.717, 1.165) is 38.3 Å². The lowest BCUT2D eigenvalue weighted by molar-refractivity contribution is 0.122. The Bertz CT molecular complexity index is 1010. The standard InChI is InChI=1S/C27H35N3OS/c1-18-14-21(29-10-12-31-13-11-29)16-24-26(18)28-27-19(2)15-22(17-25(27)32-24)30-9-5-7-20-6-3-4-8-23(20)30/h14-17,20,23,28H,3-13H2,1-2H3/t20-,23+/m1/s1. The van der Waals surface area contributed by atoms with Crippen LogP contribution in [0.2, 0.25) is 0 Å². The molecule has 6 rings (SSSR count). The molecule has 0 bridgehead atoms. The molecule has 2 atom stereocenters. The summed E-state index contributed by atoms with van der Waals surface area (Å²) >= 11 is 1.95. The largest absolute Gasteiger partial charge is 0.378 e. The van der Waals surface area contributed by atoms with Crippen LogP contribution in [-0.4, -0.2) is 38.9 Å². The molecule has 32 heavy (non-hydrogen) atoms. The van der Waals surface area contributed by atoms with Crippen LogP contribution in [0.4, 0.5) is 22.7 Å². The van der Waals surface area contributed by atoms with Crippen molar-refractivity contribution in [2.24, 2.45) is 5.92 Å². The van der Waals surface area contributed by atoms with E-state index in [4.69, 9.17) is 4.74 Å². The van der Waals surface area contributed by atoms with Gasteiger partial charge in [-0.2, -0.15) is 0 Å². The molecule has 4 aliphatic rings. The molecule has 1 saturated carbocycles. The van der Waals surface area contributed by atoms with Gasteiger partial charge in [0.05, 0.1) is 24.6 Å². The molecule has 4 nitrogen and oxygen atoms in total. The number of hydrogen-bond acceptors (Lipinski definition) is 5. The lowest BCUT2D eigenvalue weighted by atomic mass is 9.78. The molecule has 170 valence electrons. The molecule has 0 unspecified atom stereocenters. The number of benzene rings is 2. The highest BCUT2D eigenvalue weighted by Gasteiger charge is 2.34. The van der Waals surface area contributed by atoms with Crippen LogP contribution in [0.3, 0.4) is 0 Å². The number of nitrogens with one attached hydrogen (secondary N) is 1. The average Bonchev–Trinajstić information content (AvgIpc) is 2.83. The Morgan fingerprint density at radius 3 is 2.25 bits per heavy atom. The van der Waals surface area contributed by atoms with Crippen LogP contribution in [0.1, 0.15) is 49.7 Å². The molecule has 5 heteroatoms. The second-order valence-electron chi connectivity index (χ2n) is 10.0. The highest BCUT2D eigenvalue weighted by Crippen LogP contribution is 2.50. The van der Waals surface area contributed by atoms with E-state index in [1.54, 1.807) is 0 Å². The van der Waals surface area contributed by atoms with Crippen molar-refractivity contribution in [3.63, 3.8) is 0 Å². The Kier molecular flexibility index (Phi) is 5.50. The second kappa shape index (κ2) is 8.49. The van der Waals surface area contributed by atoms with Crippen molar-refractivity contribution in [2.75, 3.05) is 48.0 Å². The van der Waals surface area contributed by atoms with Crippen LogP contribution in [-0.2, 0) is 4.74 Å². The minimum absolute atomic E-state index is 0.749. The molecular weight excluding hydrogens is 414 g/mol. The highest BCUT2D eigenvalue weighted by atomic mass is 32.2. The topological polar surface area (TPSA) is 27.7 Å². The minimum atomic E-state index is 0.749. The van der Waals surface area contributed by atoms with Gasteiger partial charge in [0.2, 0.25) is 0 Å². The van der Waals surface area contributed by atoms with E-state index in [0.29, 0.717) is 0 Å². The molecular formula is C27H35N3OS. The molecule has 2 aromatic rings. The average molecular weight is 450 g/mol. The van der Waals surface area contributed by atoms with Crippen LogP contribution in [0.15, 0.2) is 34.1 Å². The molecule has 3 aliphatic heterocycles. The zero-order valence-corrected chi connectivity index (χ0v) is 20.3. The molecule has 0 aromatic heterocycles. The van der Waals surface area contributed by atoms with E-state index in [1.165, 1.54) is 88.7 Å². The maximum atomic E-state index is 5.57. The first-order chi connectivity index (χ1) is 15.7. The lowest BCUT2D eigenvalue weighted by Gasteiger charge is -2.46. The fraction of sp³-hybridized carbons (Fsp3) is 0.556. The smallest absolute Gasteiger partial charge is 0.0642 e. The van der Waals surface area contributed by atoms with Crippen LogP contribution >= 0.6 is 11.8 Å². The summed E-state index contributed by atoms with van der Waals surface area (Å²) in [5.41, 5.74) is 8.04. The minimum Gasteiger partial charge on any atom is -0.378 e. The first-order valence-corrected chi connectivity index (χ1v) is 13.3. The number of aryl methyl sites for hydroxylation is 2. The van der Waals surface area contributed by atoms with Crippen molar-refractivity contribution < 1.29 is 4.74 Å². The Balaban J connectivity index is 1.32. The molecule has 2 aromatic carbocycles. The molecule has 3 fully saturated rings. The van der Waals surface area contributed by atoms with Gasteiger partial charge in [-0.15, -0.1) is 0 Å². The fourth-order valence-electron chi connectivity index (χ4n) is 6.31. The quantitative estimate of drug-likeness (QED) is 0.482. The summed E-state index contributed by atoms with van der Waals surface area (Å²) in [6, 6.07) is 10.4. The lowest BCUT2D eigenvalue weighted by Crippen LogP contribution is -2.47. The zero-order chi connectivity index (χ0) is 21.7. The highest BCUT2D eigenvalue weighted by molar-refractivity contribution is 7.99. The summed E-state index contributed by atoms with van der Waals surface area (Å²) in [7, 11) is 0. The van der Waals surface area contributed by atoms with E-state index >= 15 is 0 Å². The summed E-state index contributed by atoms with van der Waals surface area (Å²) in [4.78, 5) is 7.95. The number of morpholine rings is 1. The van der Waals surface area contributed by atoms with Gasteiger partial charge in [0, 0.05) is 46.8 Å². The SMILES string of the molecule is Cc1cc(N2CCOCC2)cc2c1Nc1c(C)cc(N3CCC[C@H]4CCCC[C@@H]43)cc1S2. The van der Waals surface area contributed by atoms with E-state index in [9.17, 15) is 0 Å². The fourth-order valence-corrected chi connectivity index (χ4v) is 7.54. The number of fused-ring (bicyclic) bond motifs is 3. The van der Waals surface area contributed by atoms with Gasteiger partial charge >= 0.3 is 0 Å². The van der Waals surface area contributed by atoms with Gasteiger partial charge in [-0.1, -0.05) is 24.6 Å². The van der Waals surface area contributed by atoms with Crippen molar-refractivity contribution in [3.8, 4) is 0 Å². The van der Waals surface area contributed by atoms with Gasteiger partial charge in [0.15, 0.2) is 0 Å². The summed E-state index contributed by atoms with van der Waals surface area (Å²) in [5, 5.41) is 3.81. The Morgan fingerprint density at radius 1 is 0.812 bits per heavy atom. The first-order valence-electron chi connectivity index (χ1n) is 12.5. The third kappa shape index (κ3) is 3.67. The Morgan fingerprint density at radius 2 is 1.47 bits per heavy atom. The molecule has 2 saturated heterocycles. The van der Waals surface area contributed by atoms with Gasteiger partial charge in [0.1, 0.15) is 0 Å². The van der Waals surface area contributed by atoms with E-state index in [1.807, 2.05) is 11.8 Å². The van der Waals surface area contributed by atoms with E-state index < -0.39 is 0 Å². The molecule has 3 heterocycles. The number of rotatable bonds is 2. The predicted molar refractivity (Wildman–Crippen MR) is 135 cm³/mol. The van der Waals surface area contributed by atoms with Crippen LogP contribution in [0.5, 0.6) is 0 Å². The summed E-state index contributed by atoms with van der Waals surface area (Å²) in [6.07, 6.45) is 8.40. The first kappa shape index (κ1) is 20.7. The van der Waals surface area contributed by atoms with Crippen molar-refractivity contribution in [3.05, 3.63) is 35.4 Å². The normalized spacial score (nSPS) is 24.9. The molecule has 0 spiro atoms. The number of piperidine rings is 1. The van der Waals surface area contributed by atoms with Gasteiger partial charge in [-0.3, -0.25) is 0 Å². The van der Waals surface area contributed by atoms with Crippen LogP contribution < -0.4 is 15.1 Å². The second-order valence-corrected chi connectivity index (χ2v) is 11.1. The summed E-state index contributed by atoms with van der Waals surface area (Å²) < 4.78 is 5.57. The van der Waals surface area contributed by atoms with Crippen LogP contribution in [0, 0.1) is 19.8 Å². The number of ether oxygens (including phenoxy) is 1. The molecule has 1 aliphatic carbocycles.